The fraction of sp³-hybridized carbons (Fsp3) is 0.630. The van der Waals surface area contributed by atoms with Crippen LogP contribution in [-0.2, 0) is 29.2 Å². The number of amides is 3. The fourth-order valence-electron chi connectivity index (χ4n) is 5.66. The molecule has 3 amide bonds. The molecule has 39 heavy (non-hydrogen) atoms. The predicted molar refractivity (Wildman–Crippen MR) is 142 cm³/mol. The van der Waals surface area contributed by atoms with Crippen LogP contribution in [-0.4, -0.2) is 96.1 Å². The monoisotopic (exact) mass is 562 g/mol. The zero-order valence-electron chi connectivity index (χ0n) is 22.4. The number of carboxylic acid groups (broad SMARTS) is 1. The number of likely N-dealkylation sites (tertiary alicyclic amines) is 2. The molecule has 214 valence electrons. The van der Waals surface area contributed by atoms with E-state index >= 15 is 0 Å². The standard InChI is InChI=1S/C27H38N4O7S/c1-19-6-8-21(9-7-19)39(37,38)31-15-2-4-23(31)26(34)28-22(27(35)36)10-11-25(33)29-16-12-20(13-17-29)18-30-14-3-5-24(30)32/h6-9,20,22-23H,2-5,10-18H2,1H3,(H,28,34)(H,35,36)/t22-,23+/m0/s1. The first-order chi connectivity index (χ1) is 18.6. The van der Waals surface area contributed by atoms with E-state index in [1.807, 2.05) is 11.8 Å². The lowest BCUT2D eigenvalue weighted by Gasteiger charge is -2.34. The molecule has 0 unspecified atom stereocenters. The molecule has 3 saturated heterocycles. The highest BCUT2D eigenvalue weighted by Gasteiger charge is 2.40. The maximum absolute atomic E-state index is 13.2. The molecule has 0 spiro atoms. The fourth-order valence-corrected chi connectivity index (χ4v) is 7.32. The first kappa shape index (κ1) is 29.0. The average molecular weight is 563 g/mol. The number of carbonyl (C=O) groups excluding carboxylic acids is 3. The van der Waals surface area contributed by atoms with Crippen molar-refractivity contribution < 1.29 is 32.7 Å². The largest absolute Gasteiger partial charge is 0.480 e. The molecule has 11 nitrogen and oxygen atoms in total. The second kappa shape index (κ2) is 12.5. The number of nitrogens with one attached hydrogen (secondary N) is 1. The normalized spacial score (nSPS) is 21.8. The van der Waals surface area contributed by atoms with Crippen LogP contribution < -0.4 is 5.32 Å². The summed E-state index contributed by atoms with van der Waals surface area (Å²) in [5.74, 6) is -1.55. The van der Waals surface area contributed by atoms with Gasteiger partial charge in [-0.25, -0.2) is 13.2 Å². The van der Waals surface area contributed by atoms with Crippen molar-refractivity contribution >= 4 is 33.7 Å². The van der Waals surface area contributed by atoms with E-state index in [4.69, 9.17) is 0 Å². The Morgan fingerprint density at radius 2 is 1.72 bits per heavy atom. The van der Waals surface area contributed by atoms with Crippen LogP contribution in [0.5, 0.6) is 0 Å². The Hall–Kier alpha value is -2.99. The van der Waals surface area contributed by atoms with Crippen LogP contribution in [0.15, 0.2) is 29.2 Å². The van der Waals surface area contributed by atoms with Crippen LogP contribution in [0.2, 0.25) is 0 Å². The summed E-state index contributed by atoms with van der Waals surface area (Å²) in [7, 11) is -3.92. The lowest BCUT2D eigenvalue weighted by Crippen LogP contribution is -2.51. The summed E-state index contributed by atoms with van der Waals surface area (Å²) >= 11 is 0. The molecular formula is C27H38N4O7S. The summed E-state index contributed by atoms with van der Waals surface area (Å²) in [5, 5.41) is 12.2. The van der Waals surface area contributed by atoms with E-state index in [-0.39, 0.29) is 36.1 Å². The Balaban J connectivity index is 1.28. The van der Waals surface area contributed by atoms with Crippen molar-refractivity contribution in [2.75, 3.05) is 32.7 Å². The zero-order chi connectivity index (χ0) is 28.2. The number of piperidine rings is 1. The molecule has 3 fully saturated rings. The number of carboxylic acids is 1. The first-order valence-electron chi connectivity index (χ1n) is 13.7. The molecule has 0 aliphatic carbocycles. The van der Waals surface area contributed by atoms with Gasteiger partial charge in [0.1, 0.15) is 12.1 Å². The van der Waals surface area contributed by atoms with E-state index < -0.39 is 34.0 Å². The van der Waals surface area contributed by atoms with E-state index in [9.17, 15) is 32.7 Å². The molecule has 0 aromatic heterocycles. The molecule has 12 heteroatoms. The minimum atomic E-state index is -3.92. The van der Waals surface area contributed by atoms with Gasteiger partial charge in [0.2, 0.25) is 27.7 Å². The molecule has 0 bridgehead atoms. The minimum absolute atomic E-state index is 0.0391. The average Bonchev–Trinajstić information content (AvgIpc) is 3.57. The molecule has 3 aliphatic heterocycles. The summed E-state index contributed by atoms with van der Waals surface area (Å²) in [6.07, 6.45) is 3.76. The lowest BCUT2D eigenvalue weighted by atomic mass is 9.95. The molecule has 1 aromatic carbocycles. The third kappa shape index (κ3) is 6.96. The smallest absolute Gasteiger partial charge is 0.326 e. The Labute approximate surface area is 229 Å². The number of nitrogens with zero attached hydrogens (tertiary/aromatic N) is 3. The van der Waals surface area contributed by atoms with Crippen molar-refractivity contribution in [1.29, 1.82) is 0 Å². The second-order valence-electron chi connectivity index (χ2n) is 10.8. The third-order valence-corrected chi connectivity index (χ3v) is 9.93. The van der Waals surface area contributed by atoms with Crippen molar-refractivity contribution in [3.8, 4) is 0 Å². The molecule has 3 aliphatic rings. The minimum Gasteiger partial charge on any atom is -0.480 e. The predicted octanol–water partition coefficient (Wildman–Crippen LogP) is 1.36. The van der Waals surface area contributed by atoms with Gasteiger partial charge in [0.05, 0.1) is 4.90 Å². The van der Waals surface area contributed by atoms with Crippen LogP contribution >= 0.6 is 0 Å². The maximum Gasteiger partial charge on any atom is 0.326 e. The molecule has 2 N–H and O–H groups in total. The Bertz CT molecular complexity index is 1180. The highest BCUT2D eigenvalue weighted by Crippen LogP contribution is 2.27. The summed E-state index contributed by atoms with van der Waals surface area (Å²) < 4.78 is 27.5. The summed E-state index contributed by atoms with van der Waals surface area (Å²) in [5.41, 5.74) is 0.909. The van der Waals surface area contributed by atoms with Crippen LogP contribution in [0.3, 0.4) is 0 Å². The number of rotatable bonds is 10. The van der Waals surface area contributed by atoms with Gasteiger partial charge < -0.3 is 20.2 Å². The van der Waals surface area contributed by atoms with Gasteiger partial charge in [-0.05, 0) is 63.5 Å². The number of aliphatic carboxylic acids is 1. The lowest BCUT2D eigenvalue weighted by molar-refractivity contribution is -0.143. The van der Waals surface area contributed by atoms with Crippen molar-refractivity contribution in [1.82, 2.24) is 19.4 Å². The van der Waals surface area contributed by atoms with Crippen molar-refractivity contribution in [2.24, 2.45) is 5.92 Å². The number of hydrogen-bond acceptors (Lipinski definition) is 6. The number of benzene rings is 1. The van der Waals surface area contributed by atoms with Gasteiger partial charge in [-0.3, -0.25) is 14.4 Å². The highest BCUT2D eigenvalue weighted by atomic mass is 32.2. The van der Waals surface area contributed by atoms with E-state index in [1.165, 1.54) is 12.1 Å². The summed E-state index contributed by atoms with van der Waals surface area (Å²) in [6.45, 7) is 4.67. The van der Waals surface area contributed by atoms with Crippen molar-refractivity contribution in [3.05, 3.63) is 29.8 Å². The molecular weight excluding hydrogens is 524 g/mol. The summed E-state index contributed by atoms with van der Waals surface area (Å²) in [6, 6.07) is 4.07. The van der Waals surface area contributed by atoms with Gasteiger partial charge in [-0.1, -0.05) is 17.7 Å². The number of hydrogen-bond donors (Lipinski definition) is 2. The second-order valence-corrected chi connectivity index (χ2v) is 12.7. The molecule has 2 atom stereocenters. The van der Waals surface area contributed by atoms with Crippen molar-refractivity contribution in [3.63, 3.8) is 0 Å². The van der Waals surface area contributed by atoms with E-state index in [1.54, 1.807) is 17.0 Å². The van der Waals surface area contributed by atoms with Crippen molar-refractivity contribution in [2.45, 2.75) is 75.3 Å². The van der Waals surface area contributed by atoms with Gasteiger partial charge >= 0.3 is 5.97 Å². The topological polar surface area (TPSA) is 144 Å². The van der Waals surface area contributed by atoms with Gasteiger partial charge in [-0.15, -0.1) is 0 Å². The highest BCUT2D eigenvalue weighted by molar-refractivity contribution is 7.89. The van der Waals surface area contributed by atoms with E-state index in [2.05, 4.69) is 5.32 Å². The Kier molecular flexibility index (Phi) is 9.27. The van der Waals surface area contributed by atoms with Crippen LogP contribution in [0.1, 0.15) is 56.9 Å². The molecule has 3 heterocycles. The van der Waals surface area contributed by atoms with E-state index in [0.29, 0.717) is 38.3 Å². The Morgan fingerprint density at radius 3 is 2.33 bits per heavy atom. The SMILES string of the molecule is Cc1ccc(S(=O)(=O)N2CCC[C@@H]2C(=O)N[C@@H](CCC(=O)N2CCC(CN3CCCC3=O)CC2)C(=O)O)cc1. The quantitative estimate of drug-likeness (QED) is 0.438. The number of carbonyl (C=O) groups is 4. The first-order valence-corrected chi connectivity index (χ1v) is 15.2. The molecule has 1 aromatic rings. The molecule has 0 radical (unpaired) electrons. The van der Waals surface area contributed by atoms with Gasteiger partial charge in [0.25, 0.3) is 0 Å². The van der Waals surface area contributed by atoms with Crippen LogP contribution in [0, 0.1) is 12.8 Å². The third-order valence-electron chi connectivity index (χ3n) is 8.01. The summed E-state index contributed by atoms with van der Waals surface area (Å²) in [4.78, 5) is 53.3. The Morgan fingerprint density at radius 1 is 1.03 bits per heavy atom. The number of aryl methyl sites for hydroxylation is 1. The van der Waals surface area contributed by atoms with Gasteiger partial charge in [0, 0.05) is 45.6 Å². The van der Waals surface area contributed by atoms with Gasteiger partial charge in [0.15, 0.2) is 0 Å². The van der Waals surface area contributed by atoms with Gasteiger partial charge in [-0.2, -0.15) is 4.31 Å². The van der Waals surface area contributed by atoms with Crippen LogP contribution in [0.25, 0.3) is 0 Å². The van der Waals surface area contributed by atoms with E-state index in [0.717, 1.165) is 42.2 Å². The molecule has 0 saturated carbocycles. The van der Waals surface area contributed by atoms with Crippen LogP contribution in [0.4, 0.5) is 0 Å². The zero-order valence-corrected chi connectivity index (χ0v) is 23.2. The molecule has 4 rings (SSSR count). The maximum atomic E-state index is 13.2. The number of sulfonamides is 1.